The maximum atomic E-state index is 14.6. The van der Waals surface area contributed by atoms with Crippen LogP contribution in [0, 0.1) is 11.6 Å². The largest absolute Gasteiger partial charge is 0.486 e. The van der Waals surface area contributed by atoms with Gasteiger partial charge in [0.1, 0.15) is 23.9 Å². The van der Waals surface area contributed by atoms with Crippen LogP contribution in [0.15, 0.2) is 54.7 Å². The lowest BCUT2D eigenvalue weighted by molar-refractivity contribution is -0.144. The Labute approximate surface area is 270 Å². The minimum atomic E-state index is -4.65. The maximum absolute atomic E-state index is 14.6. The first-order chi connectivity index (χ1) is 22.6. The quantitative estimate of drug-likeness (QED) is 0.172. The fraction of sp³-hybridized carbons (Fsp3) is 0.312. The van der Waals surface area contributed by atoms with Crippen molar-refractivity contribution in [3.63, 3.8) is 0 Å². The summed E-state index contributed by atoms with van der Waals surface area (Å²) in [5.74, 6) is -1.57. The Morgan fingerprint density at radius 1 is 1.06 bits per heavy atom. The van der Waals surface area contributed by atoms with E-state index in [1.165, 1.54) is 18.2 Å². The van der Waals surface area contributed by atoms with E-state index in [9.17, 15) is 22.0 Å². The van der Waals surface area contributed by atoms with Gasteiger partial charge in [-0.2, -0.15) is 13.2 Å². The molecule has 1 atom stereocenters. The Kier molecular flexibility index (Phi) is 8.41. The van der Waals surface area contributed by atoms with E-state index in [0.717, 1.165) is 28.9 Å². The van der Waals surface area contributed by atoms with Crippen molar-refractivity contribution >= 4 is 28.2 Å². The summed E-state index contributed by atoms with van der Waals surface area (Å²) in [6.45, 7) is 2.92. The third-order valence-electron chi connectivity index (χ3n) is 8.25. The number of rotatable bonds is 9. The molecule has 0 bridgehead atoms. The fourth-order valence-corrected chi connectivity index (χ4v) is 5.75. The van der Waals surface area contributed by atoms with Crippen molar-refractivity contribution in [2.45, 2.75) is 44.8 Å². The molecule has 0 aliphatic carbocycles. The average Bonchev–Trinajstić information content (AvgIpc) is 3.65. The number of aromatic nitrogens is 6. The van der Waals surface area contributed by atoms with Crippen molar-refractivity contribution in [1.82, 2.24) is 34.6 Å². The molecule has 47 heavy (non-hydrogen) atoms. The normalized spacial score (nSPS) is 17.1. The Morgan fingerprint density at radius 2 is 1.91 bits per heavy atom. The lowest BCUT2D eigenvalue weighted by Gasteiger charge is -2.29. The minimum absolute atomic E-state index is 0.0278. The summed E-state index contributed by atoms with van der Waals surface area (Å²) >= 11 is 5.82. The monoisotopic (exact) mass is 671 g/mol. The number of halogens is 6. The van der Waals surface area contributed by atoms with Crippen LogP contribution in [-0.2, 0) is 30.6 Å². The number of fused-ring (bicyclic) bond motifs is 1. The van der Waals surface area contributed by atoms with Crippen LogP contribution in [0.4, 0.5) is 22.0 Å². The van der Waals surface area contributed by atoms with Crippen LogP contribution in [0.1, 0.15) is 35.6 Å². The summed E-state index contributed by atoms with van der Waals surface area (Å²) in [6, 6.07) is 10.5. The molecule has 244 valence electrons. The Hall–Kier alpha value is -4.40. The molecule has 0 unspecified atom stereocenters. The number of pyridine rings is 1. The zero-order valence-electron chi connectivity index (χ0n) is 24.7. The molecule has 0 amide bonds. The van der Waals surface area contributed by atoms with Gasteiger partial charge in [-0.05, 0) is 54.3 Å². The first-order valence-corrected chi connectivity index (χ1v) is 15.2. The summed E-state index contributed by atoms with van der Waals surface area (Å²) in [7, 11) is 0. The number of nitrogens with zero attached hydrogens (tertiary/aromatic N) is 6. The SMILES string of the molecule is Fc1cc(Cl)ccc1COc1cc(C2=CCN(Cc3nc4cc(-c5nnc(C(F)(F)F)[nH]5)ncc4n3C[C@@H]3CCO3)CC2)ccc1F. The van der Waals surface area contributed by atoms with Crippen LogP contribution in [0.5, 0.6) is 5.75 Å². The second-order valence-corrected chi connectivity index (χ2v) is 11.8. The van der Waals surface area contributed by atoms with Gasteiger partial charge in [0.2, 0.25) is 5.82 Å². The van der Waals surface area contributed by atoms with Crippen LogP contribution >= 0.6 is 11.6 Å². The highest BCUT2D eigenvalue weighted by Crippen LogP contribution is 2.31. The van der Waals surface area contributed by atoms with E-state index in [1.54, 1.807) is 30.5 Å². The molecule has 2 aliphatic rings. The van der Waals surface area contributed by atoms with Gasteiger partial charge in [0.15, 0.2) is 17.4 Å². The highest BCUT2D eigenvalue weighted by atomic mass is 35.5. The smallest absolute Gasteiger partial charge is 0.451 e. The van der Waals surface area contributed by atoms with E-state index in [1.807, 2.05) is 4.57 Å². The van der Waals surface area contributed by atoms with Crippen molar-refractivity contribution in [3.8, 4) is 17.3 Å². The minimum Gasteiger partial charge on any atom is -0.486 e. The maximum Gasteiger partial charge on any atom is 0.451 e. The fourth-order valence-electron chi connectivity index (χ4n) is 5.59. The van der Waals surface area contributed by atoms with E-state index in [0.29, 0.717) is 44.7 Å². The molecule has 9 nitrogen and oxygen atoms in total. The molecule has 7 rings (SSSR count). The average molecular weight is 672 g/mol. The highest BCUT2D eigenvalue weighted by Gasteiger charge is 2.35. The zero-order chi connectivity index (χ0) is 32.7. The number of H-pyrrole nitrogens is 1. The summed E-state index contributed by atoms with van der Waals surface area (Å²) in [4.78, 5) is 13.6. The van der Waals surface area contributed by atoms with Crippen molar-refractivity contribution in [1.29, 1.82) is 0 Å². The summed E-state index contributed by atoms with van der Waals surface area (Å²) in [5.41, 5.74) is 3.61. The standard InChI is InChI=1S/C32H27ClF5N7O2/c33-21-3-1-20(24(35)12-21)17-47-28-11-19(2-4-23(28)34)18-5-8-44(9-6-18)16-29-40-25-13-26(30-41-31(43-42-30)32(36,37)38)39-14-27(25)45(29)15-22-7-10-46-22/h1-5,11-14,22H,6-10,15-17H2,(H,41,42,43)/t22-/m0/s1. The van der Waals surface area contributed by atoms with Gasteiger partial charge in [0.25, 0.3) is 0 Å². The molecule has 1 saturated heterocycles. The third kappa shape index (κ3) is 6.71. The van der Waals surface area contributed by atoms with Crippen molar-refractivity contribution in [3.05, 3.63) is 94.2 Å². The number of nitrogens with one attached hydrogen (secondary N) is 1. The molecule has 0 radical (unpaired) electrons. The number of hydrogen-bond acceptors (Lipinski definition) is 7. The van der Waals surface area contributed by atoms with Gasteiger partial charge in [-0.1, -0.05) is 29.8 Å². The van der Waals surface area contributed by atoms with Gasteiger partial charge in [-0.15, -0.1) is 10.2 Å². The molecule has 0 spiro atoms. The predicted molar refractivity (Wildman–Crippen MR) is 162 cm³/mol. The molecule has 1 N–H and O–H groups in total. The lowest BCUT2D eigenvalue weighted by atomic mass is 9.99. The van der Waals surface area contributed by atoms with E-state index >= 15 is 0 Å². The summed E-state index contributed by atoms with van der Waals surface area (Å²) in [5, 5.41) is 7.09. The van der Waals surface area contributed by atoms with E-state index in [4.69, 9.17) is 26.1 Å². The van der Waals surface area contributed by atoms with Crippen LogP contribution < -0.4 is 4.74 Å². The van der Waals surface area contributed by atoms with Crippen LogP contribution in [0.25, 0.3) is 28.1 Å². The molecule has 1 fully saturated rings. The number of imidazole rings is 1. The Bertz CT molecular complexity index is 1970. The van der Waals surface area contributed by atoms with E-state index < -0.39 is 23.6 Å². The van der Waals surface area contributed by atoms with Gasteiger partial charge < -0.3 is 19.0 Å². The zero-order valence-corrected chi connectivity index (χ0v) is 25.5. The summed E-state index contributed by atoms with van der Waals surface area (Å²) in [6.07, 6.45) is 0.635. The van der Waals surface area contributed by atoms with Crippen LogP contribution in [0.2, 0.25) is 5.02 Å². The second kappa shape index (κ2) is 12.7. The molecule has 5 heterocycles. The van der Waals surface area contributed by atoms with E-state index in [2.05, 4.69) is 31.1 Å². The number of alkyl halides is 3. The predicted octanol–water partition coefficient (Wildman–Crippen LogP) is 6.82. The number of benzene rings is 2. The molecular formula is C32H27ClF5N7O2. The molecule has 2 aliphatic heterocycles. The van der Waals surface area contributed by atoms with Gasteiger partial charge in [-0.25, -0.2) is 13.8 Å². The molecule has 3 aromatic heterocycles. The van der Waals surface area contributed by atoms with Gasteiger partial charge in [0, 0.05) is 30.3 Å². The first-order valence-electron chi connectivity index (χ1n) is 14.9. The highest BCUT2D eigenvalue weighted by molar-refractivity contribution is 6.30. The Balaban J connectivity index is 1.08. The van der Waals surface area contributed by atoms with Crippen LogP contribution in [-0.4, -0.2) is 60.4 Å². The van der Waals surface area contributed by atoms with Crippen LogP contribution in [0.3, 0.4) is 0 Å². The van der Waals surface area contributed by atoms with Crippen molar-refractivity contribution in [2.24, 2.45) is 0 Å². The summed E-state index contributed by atoms with van der Waals surface area (Å²) < 4.78 is 81.3. The lowest BCUT2D eigenvalue weighted by Crippen LogP contribution is -2.33. The molecule has 2 aromatic carbocycles. The molecule has 0 saturated carbocycles. The van der Waals surface area contributed by atoms with Gasteiger partial charge >= 0.3 is 6.18 Å². The van der Waals surface area contributed by atoms with Crippen molar-refractivity contribution < 1.29 is 31.4 Å². The number of aromatic amines is 1. The van der Waals surface area contributed by atoms with Gasteiger partial charge in [-0.3, -0.25) is 9.88 Å². The second-order valence-electron chi connectivity index (χ2n) is 11.4. The third-order valence-corrected chi connectivity index (χ3v) is 8.48. The number of hydrogen-bond donors (Lipinski definition) is 1. The first kappa shape index (κ1) is 31.2. The molecular weight excluding hydrogens is 645 g/mol. The molecule has 5 aromatic rings. The molecule has 15 heteroatoms. The number of ether oxygens (including phenoxy) is 2. The van der Waals surface area contributed by atoms with E-state index in [-0.39, 0.29) is 40.6 Å². The van der Waals surface area contributed by atoms with Crippen molar-refractivity contribution in [2.75, 3.05) is 19.7 Å². The Morgan fingerprint density at radius 3 is 2.62 bits per heavy atom. The topological polar surface area (TPSA) is 94.0 Å². The van der Waals surface area contributed by atoms with Gasteiger partial charge in [0.05, 0.1) is 36.4 Å².